The third kappa shape index (κ3) is 5.85. The number of hydrogen-bond donors (Lipinski definition) is 0. The fourth-order valence-electron chi connectivity index (χ4n) is 1.94. The Morgan fingerprint density at radius 1 is 1.14 bits per heavy atom. The molecule has 0 saturated carbocycles. The Morgan fingerprint density at radius 2 is 1.81 bits per heavy atom. The molecule has 1 aromatic rings. The average Bonchev–Trinajstić information content (AvgIpc) is 2.49. The molecule has 5 heteroatoms. The van der Waals surface area contributed by atoms with E-state index in [9.17, 15) is 9.59 Å². The van der Waals surface area contributed by atoms with Gasteiger partial charge in [0.1, 0.15) is 5.75 Å². The summed E-state index contributed by atoms with van der Waals surface area (Å²) in [7, 11) is 1.35. The van der Waals surface area contributed by atoms with Crippen LogP contribution in [0.25, 0.3) is 0 Å². The Morgan fingerprint density at radius 3 is 2.33 bits per heavy atom. The maximum absolute atomic E-state index is 12.2. The molecule has 0 N–H and O–H groups in total. The van der Waals surface area contributed by atoms with E-state index >= 15 is 0 Å². The van der Waals surface area contributed by atoms with Gasteiger partial charge in [0.2, 0.25) is 5.91 Å². The molecule has 0 aliphatic rings. The van der Waals surface area contributed by atoms with E-state index in [0.717, 1.165) is 11.3 Å². The molecular formula is C16H23NO4. The Kier molecular flexibility index (Phi) is 7.29. The zero-order valence-electron chi connectivity index (χ0n) is 12.9. The zero-order chi connectivity index (χ0) is 15.7. The van der Waals surface area contributed by atoms with E-state index in [-0.39, 0.29) is 18.3 Å². The van der Waals surface area contributed by atoms with Crippen molar-refractivity contribution in [2.24, 2.45) is 0 Å². The minimum absolute atomic E-state index is 0.00515. The number of methoxy groups -OCH3 is 1. The Bertz CT molecular complexity index is 456. The van der Waals surface area contributed by atoms with Gasteiger partial charge in [-0.25, -0.2) is 0 Å². The number of likely N-dealkylation sites (N-methyl/N-ethyl adjacent to an activating group) is 1. The average molecular weight is 293 g/mol. The minimum atomic E-state index is -0.303. The number of carbonyl (C=O) groups is 2. The van der Waals surface area contributed by atoms with Crippen molar-refractivity contribution in [3.8, 4) is 5.75 Å². The summed E-state index contributed by atoms with van der Waals surface area (Å²) in [6.07, 6.45) is 0.542. The van der Waals surface area contributed by atoms with Gasteiger partial charge in [0.25, 0.3) is 0 Å². The number of hydrogen-bond acceptors (Lipinski definition) is 4. The zero-order valence-corrected chi connectivity index (χ0v) is 12.9. The Hall–Kier alpha value is -2.04. The molecule has 0 atom stereocenters. The van der Waals surface area contributed by atoms with Gasteiger partial charge >= 0.3 is 5.97 Å². The van der Waals surface area contributed by atoms with E-state index in [2.05, 4.69) is 4.74 Å². The molecule has 0 saturated heterocycles. The van der Waals surface area contributed by atoms with E-state index in [1.54, 1.807) is 4.90 Å². The van der Waals surface area contributed by atoms with Crippen LogP contribution in [0.1, 0.15) is 25.8 Å². The first-order valence-corrected chi connectivity index (χ1v) is 7.17. The second-order valence-corrected chi connectivity index (χ2v) is 4.55. The first-order chi connectivity index (χ1) is 10.1. The van der Waals surface area contributed by atoms with E-state index in [4.69, 9.17) is 4.74 Å². The predicted molar refractivity (Wildman–Crippen MR) is 80.2 cm³/mol. The highest BCUT2D eigenvalue weighted by molar-refractivity contribution is 5.79. The molecule has 0 unspecified atom stereocenters. The van der Waals surface area contributed by atoms with Crippen molar-refractivity contribution in [1.29, 1.82) is 0 Å². The SMILES string of the molecule is CCOc1ccc(CC(=O)N(CC)CCC(=O)OC)cc1. The minimum Gasteiger partial charge on any atom is -0.494 e. The highest BCUT2D eigenvalue weighted by atomic mass is 16.5. The quantitative estimate of drug-likeness (QED) is 0.688. The number of nitrogens with zero attached hydrogens (tertiary/aromatic N) is 1. The Balaban J connectivity index is 2.54. The second kappa shape index (κ2) is 9.00. The van der Waals surface area contributed by atoms with Gasteiger partial charge in [0, 0.05) is 13.1 Å². The first kappa shape index (κ1) is 17.0. The molecule has 0 aliphatic heterocycles. The standard InChI is InChI=1S/C16H23NO4/c1-4-17(11-10-16(19)20-3)15(18)12-13-6-8-14(9-7-13)21-5-2/h6-9H,4-5,10-12H2,1-3H3. The van der Waals surface area contributed by atoms with Crippen LogP contribution in [0.5, 0.6) is 5.75 Å². The number of esters is 1. The van der Waals surface area contributed by atoms with E-state index in [1.165, 1.54) is 7.11 Å². The molecule has 0 radical (unpaired) electrons. The third-order valence-electron chi connectivity index (χ3n) is 3.14. The molecule has 0 aliphatic carbocycles. The second-order valence-electron chi connectivity index (χ2n) is 4.55. The van der Waals surface area contributed by atoms with Crippen molar-refractivity contribution in [2.75, 3.05) is 26.8 Å². The van der Waals surface area contributed by atoms with Crippen LogP contribution in [0.4, 0.5) is 0 Å². The van der Waals surface area contributed by atoms with Gasteiger partial charge in [-0.3, -0.25) is 9.59 Å². The van der Waals surface area contributed by atoms with Gasteiger partial charge in [-0.1, -0.05) is 12.1 Å². The van der Waals surface area contributed by atoms with Gasteiger partial charge < -0.3 is 14.4 Å². The molecule has 1 amide bonds. The van der Waals surface area contributed by atoms with Crippen molar-refractivity contribution < 1.29 is 19.1 Å². The van der Waals surface area contributed by atoms with E-state index in [1.807, 2.05) is 38.1 Å². The maximum Gasteiger partial charge on any atom is 0.307 e. The topological polar surface area (TPSA) is 55.8 Å². The number of ether oxygens (including phenoxy) is 2. The summed E-state index contributed by atoms with van der Waals surface area (Å²) in [6.45, 7) is 5.41. The lowest BCUT2D eigenvalue weighted by Crippen LogP contribution is -2.34. The van der Waals surface area contributed by atoms with Crippen molar-refractivity contribution in [2.45, 2.75) is 26.7 Å². The number of amides is 1. The van der Waals surface area contributed by atoms with Gasteiger partial charge in [-0.2, -0.15) is 0 Å². The summed E-state index contributed by atoms with van der Waals surface area (Å²) in [4.78, 5) is 25.0. The van der Waals surface area contributed by atoms with E-state index in [0.29, 0.717) is 26.1 Å². The largest absolute Gasteiger partial charge is 0.494 e. The molecule has 21 heavy (non-hydrogen) atoms. The van der Waals surface area contributed by atoms with E-state index < -0.39 is 0 Å². The lowest BCUT2D eigenvalue weighted by molar-refractivity contribution is -0.141. The van der Waals surface area contributed by atoms with Gasteiger partial charge in [-0.15, -0.1) is 0 Å². The molecular weight excluding hydrogens is 270 g/mol. The summed E-state index contributed by atoms with van der Waals surface area (Å²) >= 11 is 0. The van der Waals surface area contributed by atoms with Crippen LogP contribution in [0, 0.1) is 0 Å². The van der Waals surface area contributed by atoms with Crippen LogP contribution in [0.2, 0.25) is 0 Å². The van der Waals surface area contributed by atoms with Crippen LogP contribution in [0.15, 0.2) is 24.3 Å². The lowest BCUT2D eigenvalue weighted by atomic mass is 10.1. The van der Waals surface area contributed by atoms with Gasteiger partial charge in [0.15, 0.2) is 0 Å². The number of carbonyl (C=O) groups excluding carboxylic acids is 2. The van der Waals surface area contributed by atoms with Crippen LogP contribution in [-0.2, 0) is 20.7 Å². The molecule has 0 spiro atoms. The highest BCUT2D eigenvalue weighted by Gasteiger charge is 2.14. The number of rotatable bonds is 8. The molecule has 116 valence electrons. The van der Waals surface area contributed by atoms with Gasteiger partial charge in [-0.05, 0) is 31.5 Å². The molecule has 5 nitrogen and oxygen atoms in total. The predicted octanol–water partition coefficient (Wildman–Crippen LogP) is 2.04. The Labute approximate surface area is 125 Å². The summed E-state index contributed by atoms with van der Waals surface area (Å²) < 4.78 is 9.95. The highest BCUT2D eigenvalue weighted by Crippen LogP contribution is 2.13. The fourth-order valence-corrected chi connectivity index (χ4v) is 1.94. The summed E-state index contributed by atoms with van der Waals surface area (Å²) in [6, 6.07) is 7.49. The maximum atomic E-state index is 12.2. The summed E-state index contributed by atoms with van der Waals surface area (Å²) in [5, 5.41) is 0. The molecule has 0 aromatic heterocycles. The summed E-state index contributed by atoms with van der Waals surface area (Å²) in [5.41, 5.74) is 0.931. The molecule has 1 aromatic carbocycles. The smallest absolute Gasteiger partial charge is 0.307 e. The lowest BCUT2D eigenvalue weighted by Gasteiger charge is -2.20. The van der Waals surface area contributed by atoms with Gasteiger partial charge in [0.05, 0.1) is 26.6 Å². The number of benzene rings is 1. The van der Waals surface area contributed by atoms with Crippen molar-refractivity contribution >= 4 is 11.9 Å². The van der Waals surface area contributed by atoms with Crippen molar-refractivity contribution in [1.82, 2.24) is 4.90 Å². The van der Waals surface area contributed by atoms with Crippen LogP contribution < -0.4 is 4.74 Å². The van der Waals surface area contributed by atoms with Crippen molar-refractivity contribution in [3.63, 3.8) is 0 Å². The fraction of sp³-hybridized carbons (Fsp3) is 0.500. The molecule has 0 fully saturated rings. The van der Waals surface area contributed by atoms with Crippen molar-refractivity contribution in [3.05, 3.63) is 29.8 Å². The third-order valence-corrected chi connectivity index (χ3v) is 3.14. The molecule has 1 rings (SSSR count). The van der Waals surface area contributed by atoms with Crippen LogP contribution in [0.3, 0.4) is 0 Å². The molecule has 0 heterocycles. The van der Waals surface area contributed by atoms with Crippen LogP contribution >= 0.6 is 0 Å². The first-order valence-electron chi connectivity index (χ1n) is 7.17. The summed E-state index contributed by atoms with van der Waals surface area (Å²) in [5.74, 6) is 0.500. The monoisotopic (exact) mass is 293 g/mol. The normalized spacial score (nSPS) is 10.0. The van der Waals surface area contributed by atoms with Crippen LogP contribution in [-0.4, -0.2) is 43.6 Å². The molecule has 0 bridgehead atoms.